The van der Waals surface area contributed by atoms with Gasteiger partial charge in [0.15, 0.2) is 11.5 Å². The molecule has 2 aromatic heterocycles. The predicted octanol–water partition coefficient (Wildman–Crippen LogP) is 6.77. The number of ether oxygens (including phenoxy) is 2. The first-order valence-electron chi connectivity index (χ1n) is 12.2. The molecular formula is C27H36N2O3S. The number of aromatic amines is 1. The van der Waals surface area contributed by atoms with Gasteiger partial charge in [0.05, 0.1) is 19.1 Å². The molecule has 6 heteroatoms. The summed E-state index contributed by atoms with van der Waals surface area (Å²) in [4.78, 5) is 23.1. The Bertz CT molecular complexity index is 1170. The second-order valence-electron chi connectivity index (χ2n) is 10.2. The van der Waals surface area contributed by atoms with Crippen LogP contribution in [0.2, 0.25) is 0 Å². The average molecular weight is 469 g/mol. The minimum atomic E-state index is -0.0445. The molecule has 178 valence electrons. The summed E-state index contributed by atoms with van der Waals surface area (Å²) in [6.07, 6.45) is 7.75. The van der Waals surface area contributed by atoms with Crippen molar-refractivity contribution in [2.24, 2.45) is 11.3 Å². The molecule has 3 aromatic rings. The molecule has 0 saturated carbocycles. The molecule has 0 saturated heterocycles. The topological polar surface area (TPSA) is 64.2 Å². The van der Waals surface area contributed by atoms with Crippen LogP contribution in [0.5, 0.6) is 11.5 Å². The van der Waals surface area contributed by atoms with Crippen molar-refractivity contribution in [2.75, 3.05) is 13.7 Å². The maximum atomic E-state index is 13.1. The number of thiophene rings is 1. The molecule has 0 aliphatic heterocycles. The monoisotopic (exact) mass is 468 g/mol. The molecule has 1 aliphatic carbocycles. The molecule has 1 aliphatic rings. The lowest BCUT2D eigenvalue weighted by molar-refractivity contribution is 0.218. The first-order chi connectivity index (χ1) is 15.8. The zero-order chi connectivity index (χ0) is 23.6. The van der Waals surface area contributed by atoms with Gasteiger partial charge in [-0.25, -0.2) is 4.98 Å². The molecule has 0 spiro atoms. The summed E-state index contributed by atoms with van der Waals surface area (Å²) in [5.74, 6) is 2.59. The number of benzene rings is 1. The molecule has 0 radical (unpaired) electrons. The molecule has 0 amide bonds. The van der Waals surface area contributed by atoms with Gasteiger partial charge >= 0.3 is 0 Å². The predicted molar refractivity (Wildman–Crippen MR) is 137 cm³/mol. The number of nitrogens with zero attached hydrogens (tertiary/aromatic N) is 1. The molecule has 1 aromatic carbocycles. The number of methoxy groups -OCH3 is 1. The summed E-state index contributed by atoms with van der Waals surface area (Å²) >= 11 is 1.69. The van der Waals surface area contributed by atoms with Crippen LogP contribution in [0.25, 0.3) is 21.6 Å². The number of H-pyrrole nitrogens is 1. The summed E-state index contributed by atoms with van der Waals surface area (Å²) in [6, 6.07) is 5.75. The van der Waals surface area contributed by atoms with Gasteiger partial charge in [0, 0.05) is 10.4 Å². The Morgan fingerprint density at radius 3 is 2.73 bits per heavy atom. The van der Waals surface area contributed by atoms with Crippen molar-refractivity contribution < 1.29 is 9.47 Å². The number of aromatic nitrogens is 2. The highest BCUT2D eigenvalue weighted by Gasteiger charge is 2.31. The van der Waals surface area contributed by atoms with Gasteiger partial charge in [-0.3, -0.25) is 4.79 Å². The third-order valence-corrected chi connectivity index (χ3v) is 7.98. The van der Waals surface area contributed by atoms with Crippen LogP contribution in [0.15, 0.2) is 23.0 Å². The Labute approximate surface area is 200 Å². The highest BCUT2D eigenvalue weighted by atomic mass is 32.1. The smallest absolute Gasteiger partial charge is 0.260 e. The first kappa shape index (κ1) is 23.8. The van der Waals surface area contributed by atoms with Gasteiger partial charge in [-0.1, -0.05) is 47.0 Å². The van der Waals surface area contributed by atoms with E-state index in [4.69, 9.17) is 14.5 Å². The van der Waals surface area contributed by atoms with Crippen molar-refractivity contribution in [1.29, 1.82) is 0 Å². The van der Waals surface area contributed by atoms with Crippen molar-refractivity contribution in [3.63, 3.8) is 0 Å². The van der Waals surface area contributed by atoms with Crippen molar-refractivity contribution in [1.82, 2.24) is 9.97 Å². The third kappa shape index (κ3) is 5.11. The van der Waals surface area contributed by atoms with E-state index in [1.807, 2.05) is 18.2 Å². The van der Waals surface area contributed by atoms with E-state index in [9.17, 15) is 4.79 Å². The average Bonchev–Trinajstić information content (AvgIpc) is 3.16. The Kier molecular flexibility index (Phi) is 7.13. The fourth-order valence-electron chi connectivity index (χ4n) is 4.70. The number of unbranched alkanes of at least 4 members (excludes halogenated alkanes) is 3. The minimum Gasteiger partial charge on any atom is -0.493 e. The van der Waals surface area contributed by atoms with Gasteiger partial charge in [0.25, 0.3) is 5.56 Å². The maximum absolute atomic E-state index is 13.1. The van der Waals surface area contributed by atoms with Crippen molar-refractivity contribution in [3.8, 4) is 22.9 Å². The van der Waals surface area contributed by atoms with E-state index >= 15 is 0 Å². The molecule has 0 bridgehead atoms. The van der Waals surface area contributed by atoms with Crippen LogP contribution in [0.3, 0.4) is 0 Å². The highest BCUT2D eigenvalue weighted by molar-refractivity contribution is 7.18. The number of hydrogen-bond donors (Lipinski definition) is 1. The number of hydrogen-bond acceptors (Lipinski definition) is 5. The van der Waals surface area contributed by atoms with Crippen LogP contribution in [-0.2, 0) is 12.8 Å². The normalized spacial score (nSPS) is 16.1. The highest BCUT2D eigenvalue weighted by Crippen LogP contribution is 2.42. The zero-order valence-corrected chi connectivity index (χ0v) is 21.4. The Morgan fingerprint density at radius 1 is 1.18 bits per heavy atom. The molecule has 1 N–H and O–H groups in total. The summed E-state index contributed by atoms with van der Waals surface area (Å²) < 4.78 is 11.5. The summed E-state index contributed by atoms with van der Waals surface area (Å²) in [5, 5.41) is 0.783. The van der Waals surface area contributed by atoms with E-state index < -0.39 is 0 Å². The van der Waals surface area contributed by atoms with Crippen LogP contribution in [0.4, 0.5) is 0 Å². The fourth-order valence-corrected chi connectivity index (χ4v) is 6.01. The van der Waals surface area contributed by atoms with Gasteiger partial charge in [-0.15, -0.1) is 11.3 Å². The molecule has 1 atom stereocenters. The van der Waals surface area contributed by atoms with Crippen LogP contribution >= 0.6 is 11.3 Å². The van der Waals surface area contributed by atoms with Gasteiger partial charge in [-0.05, 0) is 60.8 Å². The van der Waals surface area contributed by atoms with Crippen LogP contribution in [-0.4, -0.2) is 23.7 Å². The minimum absolute atomic E-state index is 0.0445. The van der Waals surface area contributed by atoms with E-state index in [1.165, 1.54) is 29.7 Å². The van der Waals surface area contributed by atoms with E-state index in [-0.39, 0.29) is 11.0 Å². The third-order valence-electron chi connectivity index (χ3n) is 6.84. The van der Waals surface area contributed by atoms with Crippen LogP contribution in [0.1, 0.15) is 70.2 Å². The number of fused-ring (bicyclic) bond motifs is 3. The lowest BCUT2D eigenvalue weighted by Crippen LogP contribution is -2.26. The lowest BCUT2D eigenvalue weighted by atomic mass is 9.72. The van der Waals surface area contributed by atoms with E-state index in [2.05, 4.69) is 32.7 Å². The number of nitrogens with one attached hydrogen (secondary N) is 1. The van der Waals surface area contributed by atoms with Crippen LogP contribution in [0, 0.1) is 11.3 Å². The Morgan fingerprint density at radius 2 is 2.00 bits per heavy atom. The van der Waals surface area contributed by atoms with Gasteiger partial charge < -0.3 is 14.5 Å². The van der Waals surface area contributed by atoms with Gasteiger partial charge in [0.1, 0.15) is 10.7 Å². The first-order valence-corrected chi connectivity index (χ1v) is 13.0. The molecule has 4 rings (SSSR count). The quantitative estimate of drug-likeness (QED) is 0.371. The molecule has 33 heavy (non-hydrogen) atoms. The molecule has 0 fully saturated rings. The summed E-state index contributed by atoms with van der Waals surface area (Å²) in [6.45, 7) is 9.81. The van der Waals surface area contributed by atoms with Crippen molar-refractivity contribution in [3.05, 3.63) is 39.0 Å². The second kappa shape index (κ2) is 9.88. The second-order valence-corrected chi connectivity index (χ2v) is 11.3. The SMILES string of the molecule is CCCCCCOc1ccc(-c2nc3sc4c(c3c(=O)[nH]2)CCC(C(C)(C)C)C4)cc1OC. The summed E-state index contributed by atoms with van der Waals surface area (Å²) in [7, 11) is 1.64. The number of aryl methyl sites for hydroxylation is 1. The van der Waals surface area contributed by atoms with Crippen molar-refractivity contribution >= 4 is 21.6 Å². The van der Waals surface area contributed by atoms with Crippen LogP contribution < -0.4 is 15.0 Å². The maximum Gasteiger partial charge on any atom is 0.260 e. The molecule has 5 nitrogen and oxygen atoms in total. The zero-order valence-electron chi connectivity index (χ0n) is 20.5. The van der Waals surface area contributed by atoms with Crippen molar-refractivity contribution in [2.45, 2.75) is 72.6 Å². The Balaban J connectivity index is 1.61. The molecular weight excluding hydrogens is 432 g/mol. The standard InChI is InChI=1S/C27H36N2O3S/c1-6-7-8-9-14-32-20-13-10-17(15-21(20)31-5)24-28-25(30)23-19-12-11-18(27(2,3)4)16-22(19)33-26(23)29-24/h10,13,15,18H,6-9,11-12,14,16H2,1-5H3,(H,28,29,30). The van der Waals surface area contributed by atoms with Gasteiger partial charge in [0.2, 0.25) is 0 Å². The van der Waals surface area contributed by atoms with E-state index in [0.717, 1.165) is 47.2 Å². The molecule has 1 unspecified atom stereocenters. The van der Waals surface area contributed by atoms with E-state index in [1.54, 1.807) is 18.4 Å². The largest absolute Gasteiger partial charge is 0.493 e. The fraction of sp³-hybridized carbons (Fsp3) is 0.556. The van der Waals surface area contributed by atoms with E-state index in [0.29, 0.717) is 24.1 Å². The lowest BCUT2D eigenvalue weighted by Gasteiger charge is -2.33. The number of rotatable bonds is 8. The molecule has 2 heterocycles. The van der Waals surface area contributed by atoms with Gasteiger partial charge in [-0.2, -0.15) is 0 Å². The summed E-state index contributed by atoms with van der Waals surface area (Å²) in [5.41, 5.74) is 2.26. The Hall–Kier alpha value is -2.34.